The lowest BCUT2D eigenvalue weighted by molar-refractivity contribution is 0.383. The Morgan fingerprint density at radius 1 is 1.38 bits per heavy atom. The van der Waals surface area contributed by atoms with Crippen LogP contribution >= 0.6 is 24.4 Å². The topological polar surface area (TPSA) is 65.3 Å². The largest absolute Gasteiger partial charge is 0.375 e. The molecule has 0 spiro atoms. The number of thiocarbonyl (C=S) groups is 2. The fraction of sp³-hybridized carbons (Fsp3) is 0.667. The first-order valence-corrected chi connectivity index (χ1v) is 4.79. The lowest BCUT2D eigenvalue weighted by atomic mass is 10.7. The molecular formula is C6H15N5S2. The van der Waals surface area contributed by atoms with E-state index in [-0.39, 0.29) is 5.11 Å². The highest BCUT2D eigenvalue weighted by Gasteiger charge is 2.05. The summed E-state index contributed by atoms with van der Waals surface area (Å²) >= 11 is 9.72. The van der Waals surface area contributed by atoms with Crippen LogP contribution in [0, 0.1) is 0 Å². The van der Waals surface area contributed by atoms with Crippen molar-refractivity contribution in [3.63, 3.8) is 0 Å². The highest BCUT2D eigenvalue weighted by Crippen LogP contribution is 1.82. The average Bonchev–Trinajstić information content (AvgIpc) is 2.09. The molecular weight excluding hydrogens is 206 g/mol. The Morgan fingerprint density at radius 2 is 2.00 bits per heavy atom. The first-order valence-electron chi connectivity index (χ1n) is 3.98. The lowest BCUT2D eigenvalue weighted by Gasteiger charge is -2.24. The summed E-state index contributed by atoms with van der Waals surface area (Å²) in [5.74, 6) is 0. The molecule has 0 atom stereocenters. The first-order chi connectivity index (χ1) is 6.11. The molecule has 0 aliphatic rings. The van der Waals surface area contributed by atoms with Crippen LogP contribution in [-0.2, 0) is 0 Å². The molecule has 0 rings (SSSR count). The van der Waals surface area contributed by atoms with Gasteiger partial charge in [-0.1, -0.05) is 6.92 Å². The quantitative estimate of drug-likeness (QED) is 0.377. The molecule has 5 N–H and O–H groups in total. The smallest absolute Gasteiger partial charge is 0.202 e. The van der Waals surface area contributed by atoms with Crippen LogP contribution < -0.4 is 22.0 Å². The molecule has 0 amide bonds. The van der Waals surface area contributed by atoms with E-state index in [1.807, 2.05) is 13.8 Å². The number of hydrazine groups is 2. The minimum absolute atomic E-state index is 0.197. The van der Waals surface area contributed by atoms with Crippen LogP contribution in [0.3, 0.4) is 0 Å². The maximum atomic E-state index is 5.31. The molecule has 0 aliphatic carbocycles. The van der Waals surface area contributed by atoms with Crippen LogP contribution in [0.15, 0.2) is 0 Å². The summed E-state index contributed by atoms with van der Waals surface area (Å²) in [6.07, 6.45) is 0. The monoisotopic (exact) mass is 221 g/mol. The molecule has 76 valence electrons. The minimum Gasteiger partial charge on any atom is -0.375 e. The highest BCUT2D eigenvalue weighted by molar-refractivity contribution is 7.80. The van der Waals surface area contributed by atoms with E-state index in [4.69, 9.17) is 18.0 Å². The van der Waals surface area contributed by atoms with E-state index in [0.29, 0.717) is 11.7 Å². The Bertz CT molecular complexity index is 184. The summed E-state index contributed by atoms with van der Waals surface area (Å²) in [5.41, 5.74) is 13.7. The molecule has 0 aromatic carbocycles. The second-order valence-electron chi connectivity index (χ2n) is 2.18. The van der Waals surface area contributed by atoms with Crippen molar-refractivity contribution >= 4 is 34.7 Å². The van der Waals surface area contributed by atoms with Crippen molar-refractivity contribution in [3.8, 4) is 0 Å². The third-order valence-corrected chi connectivity index (χ3v) is 1.59. The fourth-order valence-electron chi connectivity index (χ4n) is 0.638. The maximum absolute atomic E-state index is 5.31. The van der Waals surface area contributed by atoms with Gasteiger partial charge in [-0.3, -0.25) is 15.9 Å². The van der Waals surface area contributed by atoms with Gasteiger partial charge in [0.05, 0.1) is 0 Å². The zero-order valence-corrected chi connectivity index (χ0v) is 9.39. The Labute approximate surface area is 89.0 Å². The van der Waals surface area contributed by atoms with Crippen molar-refractivity contribution in [2.24, 2.45) is 5.73 Å². The number of nitrogens with zero attached hydrogens (tertiary/aromatic N) is 1. The molecule has 7 heteroatoms. The summed E-state index contributed by atoms with van der Waals surface area (Å²) in [7, 11) is 0. The van der Waals surface area contributed by atoms with E-state index in [1.54, 1.807) is 5.01 Å². The Hall–Kier alpha value is -0.660. The van der Waals surface area contributed by atoms with Crippen molar-refractivity contribution in [1.82, 2.24) is 21.3 Å². The second-order valence-corrected chi connectivity index (χ2v) is 3.01. The Balaban J connectivity index is 3.92. The van der Waals surface area contributed by atoms with Gasteiger partial charge in [0.1, 0.15) is 0 Å². The molecule has 0 aromatic heterocycles. The zero-order valence-electron chi connectivity index (χ0n) is 7.76. The zero-order chi connectivity index (χ0) is 10.3. The summed E-state index contributed by atoms with van der Waals surface area (Å²) in [4.78, 5) is 0. The minimum atomic E-state index is 0.197. The van der Waals surface area contributed by atoms with Crippen LogP contribution in [0.4, 0.5) is 0 Å². The van der Waals surface area contributed by atoms with Gasteiger partial charge in [0.25, 0.3) is 0 Å². The average molecular weight is 221 g/mol. The van der Waals surface area contributed by atoms with Gasteiger partial charge < -0.3 is 5.73 Å². The van der Waals surface area contributed by atoms with E-state index < -0.39 is 0 Å². The number of hydrogen-bond acceptors (Lipinski definition) is 3. The fourth-order valence-corrected chi connectivity index (χ4v) is 0.995. The summed E-state index contributed by atoms with van der Waals surface area (Å²) in [5, 5.41) is 2.35. The Kier molecular flexibility index (Phi) is 6.47. The molecule has 0 heterocycles. The molecule has 0 saturated carbocycles. The highest BCUT2D eigenvalue weighted by atomic mass is 32.1. The van der Waals surface area contributed by atoms with E-state index in [0.717, 1.165) is 6.54 Å². The molecule has 13 heavy (non-hydrogen) atoms. The molecule has 0 unspecified atom stereocenters. The van der Waals surface area contributed by atoms with Crippen LogP contribution in [-0.4, -0.2) is 28.3 Å². The summed E-state index contributed by atoms with van der Waals surface area (Å²) < 4.78 is 0. The number of hydrogen-bond donors (Lipinski definition) is 4. The van der Waals surface area contributed by atoms with E-state index >= 15 is 0 Å². The lowest BCUT2D eigenvalue weighted by Crippen LogP contribution is -2.54. The standard InChI is InChI=1S/C6H15N5S2/c1-3-8-9-6(13)11(4-2)10-5(7)12/h8H,3-4H2,1-2H3,(H,9,13)(H3,7,10,12). The molecule has 0 bridgehead atoms. The number of rotatable bonds is 3. The van der Waals surface area contributed by atoms with Gasteiger partial charge in [0.15, 0.2) is 5.11 Å². The van der Waals surface area contributed by atoms with Crippen LogP contribution in [0.1, 0.15) is 13.8 Å². The predicted octanol–water partition coefficient (Wildman–Crippen LogP) is -0.544. The molecule has 0 radical (unpaired) electrons. The SMILES string of the molecule is CCNNC(=S)N(CC)NC(N)=S. The third-order valence-electron chi connectivity index (χ3n) is 1.18. The van der Waals surface area contributed by atoms with Gasteiger partial charge in [-0.15, -0.1) is 0 Å². The predicted molar refractivity (Wildman–Crippen MR) is 61.7 cm³/mol. The first kappa shape index (κ1) is 12.3. The van der Waals surface area contributed by atoms with Gasteiger partial charge in [0.2, 0.25) is 5.11 Å². The van der Waals surface area contributed by atoms with E-state index in [2.05, 4.69) is 28.5 Å². The number of nitrogens with one attached hydrogen (secondary N) is 3. The molecule has 0 fully saturated rings. The van der Waals surface area contributed by atoms with E-state index in [1.165, 1.54) is 0 Å². The van der Waals surface area contributed by atoms with Crippen molar-refractivity contribution in [2.75, 3.05) is 13.1 Å². The van der Waals surface area contributed by atoms with Gasteiger partial charge >= 0.3 is 0 Å². The second kappa shape index (κ2) is 6.81. The van der Waals surface area contributed by atoms with Crippen molar-refractivity contribution in [3.05, 3.63) is 0 Å². The summed E-state index contributed by atoms with van der Waals surface area (Å²) in [6.45, 7) is 5.36. The van der Waals surface area contributed by atoms with Gasteiger partial charge in [-0.2, -0.15) is 0 Å². The van der Waals surface area contributed by atoms with Crippen LogP contribution in [0.2, 0.25) is 0 Å². The van der Waals surface area contributed by atoms with Crippen molar-refractivity contribution < 1.29 is 0 Å². The van der Waals surface area contributed by atoms with Gasteiger partial charge in [-0.05, 0) is 31.4 Å². The van der Waals surface area contributed by atoms with Crippen molar-refractivity contribution in [2.45, 2.75) is 13.8 Å². The third kappa shape index (κ3) is 5.56. The summed E-state index contributed by atoms with van der Waals surface area (Å²) in [6, 6.07) is 0. The van der Waals surface area contributed by atoms with E-state index in [9.17, 15) is 0 Å². The molecule has 0 aliphatic heterocycles. The number of nitrogens with two attached hydrogens (primary N) is 1. The van der Waals surface area contributed by atoms with Crippen molar-refractivity contribution in [1.29, 1.82) is 0 Å². The molecule has 0 aromatic rings. The van der Waals surface area contributed by atoms with Gasteiger partial charge in [-0.25, -0.2) is 5.43 Å². The van der Waals surface area contributed by atoms with Crippen LogP contribution in [0.5, 0.6) is 0 Å². The van der Waals surface area contributed by atoms with Gasteiger partial charge in [0, 0.05) is 13.1 Å². The maximum Gasteiger partial charge on any atom is 0.202 e. The normalized spacial score (nSPS) is 9.08. The molecule has 0 saturated heterocycles. The van der Waals surface area contributed by atoms with Crippen LogP contribution in [0.25, 0.3) is 0 Å². The Morgan fingerprint density at radius 3 is 2.38 bits per heavy atom. The molecule has 5 nitrogen and oxygen atoms in total.